The number of rotatable bonds is 13. The molecule has 3 atom stereocenters. The van der Waals surface area contributed by atoms with Crippen molar-refractivity contribution in [2.24, 2.45) is 10.9 Å². The first-order chi connectivity index (χ1) is 18.4. The Bertz CT molecular complexity index is 1130. The number of fused-ring (bicyclic) bond motifs is 1. The maximum absolute atomic E-state index is 13.1. The smallest absolute Gasteiger partial charge is 0.220 e. The summed E-state index contributed by atoms with van der Waals surface area (Å²) in [5.74, 6) is 1.07. The molecule has 2 aliphatic rings. The highest BCUT2D eigenvalue weighted by molar-refractivity contribution is 5.96. The number of amides is 1. The summed E-state index contributed by atoms with van der Waals surface area (Å²) in [7, 11) is 0. The number of unbranched alkanes of at least 4 members (excludes halogenated alkanes) is 1. The molecule has 0 radical (unpaired) electrons. The fraction of sp³-hybridized carbons (Fsp3) is 0.500. The zero-order valence-corrected chi connectivity index (χ0v) is 22.0. The van der Waals surface area contributed by atoms with Gasteiger partial charge in [0.15, 0.2) is 17.3 Å². The van der Waals surface area contributed by atoms with Crippen molar-refractivity contribution < 1.29 is 28.6 Å². The number of ether oxygens (including phenoxy) is 2. The first-order valence-electron chi connectivity index (χ1n) is 13.6. The average Bonchev–Trinajstić information content (AvgIpc) is 2.92. The van der Waals surface area contributed by atoms with Crippen molar-refractivity contribution in [2.45, 2.75) is 70.4 Å². The van der Waals surface area contributed by atoms with Crippen LogP contribution in [0.3, 0.4) is 0 Å². The van der Waals surface area contributed by atoms with E-state index in [1.807, 2.05) is 0 Å². The Kier molecular flexibility index (Phi) is 9.87. The Labute approximate surface area is 223 Å². The molecule has 8 heteroatoms. The van der Waals surface area contributed by atoms with E-state index in [2.05, 4.69) is 12.2 Å². The van der Waals surface area contributed by atoms with Crippen LogP contribution in [0, 0.1) is 11.7 Å². The van der Waals surface area contributed by atoms with E-state index in [1.54, 1.807) is 18.2 Å². The van der Waals surface area contributed by atoms with Gasteiger partial charge in [-0.2, -0.15) is 0 Å². The highest BCUT2D eigenvalue weighted by Crippen LogP contribution is 2.34. The van der Waals surface area contributed by atoms with Gasteiger partial charge in [-0.1, -0.05) is 19.4 Å². The quantitative estimate of drug-likeness (QED) is 0.277. The lowest BCUT2D eigenvalue weighted by atomic mass is 9.80. The second kappa shape index (κ2) is 13.5. The van der Waals surface area contributed by atoms with Crippen LogP contribution in [0.4, 0.5) is 4.39 Å². The minimum atomic E-state index is -0.969. The summed E-state index contributed by atoms with van der Waals surface area (Å²) in [4.78, 5) is 29.9. The summed E-state index contributed by atoms with van der Waals surface area (Å²) in [6, 6.07) is 10.2. The fourth-order valence-electron chi connectivity index (χ4n) is 4.89. The first-order valence-corrected chi connectivity index (χ1v) is 13.6. The van der Waals surface area contributed by atoms with E-state index >= 15 is 0 Å². The zero-order chi connectivity index (χ0) is 26.9. The van der Waals surface area contributed by atoms with Gasteiger partial charge in [0.1, 0.15) is 25.1 Å². The van der Waals surface area contributed by atoms with Gasteiger partial charge >= 0.3 is 0 Å². The van der Waals surface area contributed by atoms with E-state index in [-0.39, 0.29) is 30.3 Å². The Morgan fingerprint density at radius 2 is 1.82 bits per heavy atom. The minimum Gasteiger partial charge on any atom is -0.486 e. The molecule has 2 N–H and O–H groups in total. The number of nitrogens with zero attached hydrogens (tertiary/aromatic N) is 1. The number of halogens is 1. The standard InChI is InChI=1S/C30H37FN2O5/c1-2-5-20-10-14-24(20)32-19-25(30(36)22-11-15-27-28(18-22)38-17-16-37-27)33-29(35)7-4-3-6-26(34)21-8-12-23(31)13-9-21/h8-9,11-13,15,18,20,25,30,36H,2-7,10,14,16-17,19H2,1H3,(H,33,35)/b32-24-/t20?,25-,30-/m1/s1. The lowest BCUT2D eigenvalue weighted by Crippen LogP contribution is -2.42. The van der Waals surface area contributed by atoms with Gasteiger partial charge < -0.3 is 19.9 Å². The van der Waals surface area contributed by atoms with Crippen molar-refractivity contribution in [3.63, 3.8) is 0 Å². The molecule has 1 fully saturated rings. The molecule has 2 aromatic carbocycles. The maximum atomic E-state index is 13.1. The van der Waals surface area contributed by atoms with E-state index in [0.717, 1.165) is 25.7 Å². The highest BCUT2D eigenvalue weighted by atomic mass is 19.1. The molecule has 0 spiro atoms. The molecule has 204 valence electrons. The van der Waals surface area contributed by atoms with Crippen LogP contribution in [0.5, 0.6) is 11.5 Å². The van der Waals surface area contributed by atoms with Crippen LogP contribution in [0.15, 0.2) is 47.5 Å². The zero-order valence-electron chi connectivity index (χ0n) is 22.0. The summed E-state index contributed by atoms with van der Waals surface area (Å²) in [5, 5.41) is 14.2. The van der Waals surface area contributed by atoms with Gasteiger partial charge in [0.2, 0.25) is 5.91 Å². The van der Waals surface area contributed by atoms with Crippen molar-refractivity contribution in [2.75, 3.05) is 19.8 Å². The summed E-state index contributed by atoms with van der Waals surface area (Å²) < 4.78 is 24.3. The Balaban J connectivity index is 1.34. The summed E-state index contributed by atoms with van der Waals surface area (Å²) in [6.45, 7) is 3.39. The summed E-state index contributed by atoms with van der Waals surface area (Å²) in [6.07, 6.45) is 4.94. The second-order valence-electron chi connectivity index (χ2n) is 10.0. The van der Waals surface area contributed by atoms with Gasteiger partial charge in [-0.05, 0) is 80.0 Å². The highest BCUT2D eigenvalue weighted by Gasteiger charge is 2.28. The van der Waals surface area contributed by atoms with Gasteiger partial charge in [0.25, 0.3) is 0 Å². The van der Waals surface area contributed by atoms with Crippen LogP contribution in [-0.2, 0) is 4.79 Å². The molecule has 1 heterocycles. The molecule has 1 unspecified atom stereocenters. The molecular formula is C30H37FN2O5. The van der Waals surface area contributed by atoms with Crippen molar-refractivity contribution in [3.8, 4) is 11.5 Å². The number of hydrogen-bond donors (Lipinski definition) is 2. The largest absolute Gasteiger partial charge is 0.486 e. The monoisotopic (exact) mass is 524 g/mol. The van der Waals surface area contributed by atoms with E-state index in [1.165, 1.54) is 30.0 Å². The Hall–Kier alpha value is -3.26. The van der Waals surface area contributed by atoms with Crippen LogP contribution >= 0.6 is 0 Å². The van der Waals surface area contributed by atoms with Gasteiger partial charge in [-0.25, -0.2) is 4.39 Å². The third-order valence-electron chi connectivity index (χ3n) is 7.21. The van der Waals surface area contributed by atoms with Crippen LogP contribution in [-0.4, -0.2) is 48.3 Å². The maximum Gasteiger partial charge on any atom is 0.220 e. The predicted octanol–water partition coefficient (Wildman–Crippen LogP) is 5.21. The number of aliphatic hydroxyl groups excluding tert-OH is 1. The number of Topliss-reactive ketones (excluding diaryl/α,β-unsaturated/α-hetero) is 1. The van der Waals surface area contributed by atoms with E-state index in [9.17, 15) is 19.1 Å². The van der Waals surface area contributed by atoms with E-state index < -0.39 is 12.1 Å². The molecule has 4 rings (SSSR count). The number of hydrogen-bond acceptors (Lipinski definition) is 6. The van der Waals surface area contributed by atoms with Crippen molar-refractivity contribution >= 4 is 17.4 Å². The minimum absolute atomic E-state index is 0.0738. The molecular weight excluding hydrogens is 487 g/mol. The van der Waals surface area contributed by atoms with Crippen LogP contribution in [0.2, 0.25) is 0 Å². The molecule has 0 saturated heterocycles. The van der Waals surface area contributed by atoms with Crippen LogP contribution < -0.4 is 14.8 Å². The third kappa shape index (κ3) is 7.40. The number of benzene rings is 2. The molecule has 1 saturated carbocycles. The van der Waals surface area contributed by atoms with Gasteiger partial charge in [-0.3, -0.25) is 14.6 Å². The number of carbonyl (C=O) groups is 2. The molecule has 38 heavy (non-hydrogen) atoms. The van der Waals surface area contributed by atoms with Gasteiger partial charge in [-0.15, -0.1) is 0 Å². The van der Waals surface area contributed by atoms with E-state index in [0.29, 0.717) is 61.1 Å². The topological polar surface area (TPSA) is 97.2 Å². The average molecular weight is 525 g/mol. The van der Waals surface area contributed by atoms with Crippen LogP contribution in [0.25, 0.3) is 0 Å². The Morgan fingerprint density at radius 3 is 2.53 bits per heavy atom. The molecule has 2 aromatic rings. The molecule has 1 amide bonds. The normalized spacial score (nSPS) is 18.9. The third-order valence-corrected chi connectivity index (χ3v) is 7.21. The number of aliphatic hydroxyl groups is 1. The SMILES string of the molecule is CCCC1CC/C1=N/C[C@@H](NC(=O)CCCCC(=O)c1ccc(F)cc1)[C@H](O)c1ccc2c(c1)OCCO2. The molecule has 7 nitrogen and oxygen atoms in total. The second-order valence-corrected chi connectivity index (χ2v) is 10.0. The number of aliphatic imine (C=N–C) groups is 1. The predicted molar refractivity (Wildman–Crippen MR) is 143 cm³/mol. The number of carbonyl (C=O) groups excluding carboxylic acids is 2. The van der Waals surface area contributed by atoms with Crippen molar-refractivity contribution in [1.82, 2.24) is 5.32 Å². The lowest BCUT2D eigenvalue weighted by Gasteiger charge is -2.30. The van der Waals surface area contributed by atoms with E-state index in [4.69, 9.17) is 14.5 Å². The summed E-state index contributed by atoms with van der Waals surface area (Å²) >= 11 is 0. The number of nitrogens with one attached hydrogen (secondary N) is 1. The van der Waals surface area contributed by atoms with Crippen molar-refractivity contribution in [3.05, 3.63) is 59.4 Å². The molecule has 0 aromatic heterocycles. The summed E-state index contributed by atoms with van der Waals surface area (Å²) in [5.41, 5.74) is 2.26. The van der Waals surface area contributed by atoms with Crippen LogP contribution in [0.1, 0.15) is 80.3 Å². The van der Waals surface area contributed by atoms with Gasteiger partial charge in [0.05, 0.1) is 12.6 Å². The fourth-order valence-corrected chi connectivity index (χ4v) is 4.89. The van der Waals surface area contributed by atoms with Gasteiger partial charge in [0, 0.05) is 24.1 Å². The van der Waals surface area contributed by atoms with Crippen molar-refractivity contribution in [1.29, 1.82) is 0 Å². The Morgan fingerprint density at radius 1 is 1.08 bits per heavy atom. The lowest BCUT2D eigenvalue weighted by molar-refractivity contribution is -0.122. The molecule has 1 aliphatic carbocycles. The number of ketones is 1. The first kappa shape index (κ1) is 27.8. The molecule has 0 bridgehead atoms. The molecule has 1 aliphatic heterocycles.